The third-order valence-corrected chi connectivity index (χ3v) is 13.8. The van der Waals surface area contributed by atoms with Gasteiger partial charge in [-0.3, -0.25) is 14.5 Å². The Bertz CT molecular complexity index is 1540. The van der Waals surface area contributed by atoms with Crippen molar-refractivity contribution in [3.8, 4) is 5.75 Å². The van der Waals surface area contributed by atoms with E-state index in [9.17, 15) is 24.6 Å². The molecule has 7 rings (SSSR count). The monoisotopic (exact) mass is 717 g/mol. The maximum absolute atomic E-state index is 14.0. The first kappa shape index (κ1) is 36.5. The molecule has 5 aliphatic carbocycles. The van der Waals surface area contributed by atoms with Crippen molar-refractivity contribution in [3.05, 3.63) is 29.8 Å². The van der Waals surface area contributed by atoms with Crippen molar-refractivity contribution in [2.45, 2.75) is 87.5 Å². The van der Waals surface area contributed by atoms with E-state index in [4.69, 9.17) is 37.9 Å². The number of aliphatic hydroxyl groups is 2. The molecule has 14 heteroatoms. The van der Waals surface area contributed by atoms with Gasteiger partial charge in [-0.2, -0.15) is 0 Å². The van der Waals surface area contributed by atoms with Gasteiger partial charge in [-0.15, -0.1) is 0 Å². The average molecular weight is 718 g/mol. The molecule has 15 atom stereocenters. The molecule has 2 N–H and O–H groups in total. The standard InChI is InChI=1S/C37H51NO13/c1-9-38-16-34(17-44-4)23(49-18(2)39)14-24(46-6)36-22-15-35(43)31(50-33(42)20-10-12-21(45-5)13-11-20)25(22)37(51-19(3)40,30(41)32(35)48-8)26(29(36)38)27(47-7)28(34)36/h10-13,22-32,41,43H,9,14-17H2,1-8H3/t22-,23+,24?,25+,26?,27-,28+,29?,30-,31+,32-,34-,35+,36?,37+/m0/s1. The van der Waals surface area contributed by atoms with Gasteiger partial charge in [0, 0.05) is 89.9 Å². The number of rotatable bonds is 11. The van der Waals surface area contributed by atoms with E-state index < -0.39 is 106 Å². The van der Waals surface area contributed by atoms with Crippen LogP contribution in [0.15, 0.2) is 24.3 Å². The van der Waals surface area contributed by atoms with Crippen LogP contribution in [0.4, 0.5) is 0 Å². The van der Waals surface area contributed by atoms with Gasteiger partial charge in [-0.05, 0) is 43.1 Å². The van der Waals surface area contributed by atoms with Crippen LogP contribution in [0.1, 0.15) is 44.0 Å². The molecule has 1 aliphatic heterocycles. The van der Waals surface area contributed by atoms with Crippen molar-refractivity contribution in [2.75, 3.05) is 55.2 Å². The molecule has 1 aromatic carbocycles. The summed E-state index contributed by atoms with van der Waals surface area (Å²) >= 11 is 0. The minimum absolute atomic E-state index is 0.0334. The summed E-state index contributed by atoms with van der Waals surface area (Å²) in [4.78, 5) is 42.4. The zero-order valence-electron chi connectivity index (χ0n) is 30.5. The van der Waals surface area contributed by atoms with Crippen LogP contribution in [0.3, 0.4) is 0 Å². The van der Waals surface area contributed by atoms with E-state index in [-0.39, 0.29) is 18.6 Å². The topological polar surface area (TPSA) is 169 Å². The molecule has 7 bridgehead atoms. The van der Waals surface area contributed by atoms with Crippen LogP contribution < -0.4 is 4.74 Å². The normalized spacial score (nSPS) is 46.0. The van der Waals surface area contributed by atoms with Crippen LogP contribution in [0.25, 0.3) is 0 Å². The summed E-state index contributed by atoms with van der Waals surface area (Å²) in [5.41, 5.74) is -5.07. The second kappa shape index (κ2) is 12.6. The molecule has 6 fully saturated rings. The largest absolute Gasteiger partial charge is 0.497 e. The fraction of sp³-hybridized carbons (Fsp3) is 0.757. The van der Waals surface area contributed by atoms with Crippen LogP contribution in [-0.4, -0.2) is 142 Å². The number of hydrogen-bond acceptors (Lipinski definition) is 14. The summed E-state index contributed by atoms with van der Waals surface area (Å²) in [5, 5.41) is 25.6. The van der Waals surface area contributed by atoms with Crippen LogP contribution in [0, 0.1) is 34.5 Å². The van der Waals surface area contributed by atoms with Crippen LogP contribution in [0.2, 0.25) is 0 Å². The zero-order valence-corrected chi connectivity index (χ0v) is 30.5. The molecule has 0 radical (unpaired) electrons. The van der Waals surface area contributed by atoms with E-state index in [1.165, 1.54) is 28.1 Å². The van der Waals surface area contributed by atoms with Crippen molar-refractivity contribution >= 4 is 17.9 Å². The lowest BCUT2D eigenvalue weighted by Gasteiger charge is -2.70. The van der Waals surface area contributed by atoms with Gasteiger partial charge in [0.25, 0.3) is 0 Å². The first-order valence-corrected chi connectivity index (χ1v) is 17.8. The van der Waals surface area contributed by atoms with Crippen LogP contribution in [0.5, 0.6) is 5.75 Å². The molecule has 14 nitrogen and oxygen atoms in total. The third-order valence-electron chi connectivity index (χ3n) is 13.8. The second-order valence-electron chi connectivity index (χ2n) is 15.4. The zero-order chi connectivity index (χ0) is 36.8. The average Bonchev–Trinajstić information content (AvgIpc) is 3.47. The van der Waals surface area contributed by atoms with Gasteiger partial charge in [0.1, 0.15) is 35.8 Å². The number of piperidine rings is 1. The number of nitrogens with zero attached hydrogens (tertiary/aromatic N) is 1. The Hall–Kier alpha value is -2.85. The summed E-state index contributed by atoms with van der Waals surface area (Å²) in [6, 6.07) is 6.03. The highest BCUT2D eigenvalue weighted by atomic mass is 16.6. The van der Waals surface area contributed by atoms with E-state index in [0.717, 1.165) is 0 Å². The van der Waals surface area contributed by atoms with Gasteiger partial charge in [0.05, 0.1) is 31.5 Å². The van der Waals surface area contributed by atoms with Crippen molar-refractivity contribution in [1.29, 1.82) is 0 Å². The lowest BCUT2D eigenvalue weighted by atomic mass is 9.42. The number of likely N-dealkylation sites (tertiary alicyclic amines) is 1. The number of hydrogen-bond donors (Lipinski definition) is 2. The molecule has 0 amide bonds. The SMILES string of the molecule is CCN1C[C@]2(COC)[C@H](OC(C)=O)CC(OC)C34C1C([C@H](OC)[C@@H]32)[C@]1(OC(C)=O)[C@H]2[C@@H](OC(=O)c3ccc(OC)cc3)[C@](O)(C[C@@H]24)[C@@H](OC)[C@@H]1O. The van der Waals surface area contributed by atoms with Crippen molar-refractivity contribution < 1.29 is 62.5 Å². The summed E-state index contributed by atoms with van der Waals surface area (Å²) in [7, 11) is 7.75. The van der Waals surface area contributed by atoms with Crippen molar-refractivity contribution in [3.63, 3.8) is 0 Å². The second-order valence-corrected chi connectivity index (χ2v) is 15.4. The molecular weight excluding hydrogens is 666 g/mol. The first-order valence-electron chi connectivity index (χ1n) is 17.8. The number of carbonyl (C=O) groups excluding carboxylic acids is 3. The Kier molecular flexibility index (Phi) is 9.04. The fourth-order valence-corrected chi connectivity index (χ4v) is 12.8. The molecule has 0 aromatic heterocycles. The molecule has 6 aliphatic rings. The van der Waals surface area contributed by atoms with Crippen molar-refractivity contribution in [2.24, 2.45) is 34.5 Å². The van der Waals surface area contributed by atoms with E-state index >= 15 is 0 Å². The maximum Gasteiger partial charge on any atom is 0.338 e. The summed E-state index contributed by atoms with van der Waals surface area (Å²) < 4.78 is 49.3. The number of methoxy groups -OCH3 is 5. The molecule has 4 unspecified atom stereocenters. The molecular formula is C37H51NO13. The minimum Gasteiger partial charge on any atom is -0.497 e. The van der Waals surface area contributed by atoms with Crippen molar-refractivity contribution in [1.82, 2.24) is 4.90 Å². The van der Waals surface area contributed by atoms with Crippen LogP contribution >= 0.6 is 0 Å². The molecule has 5 saturated carbocycles. The highest BCUT2D eigenvalue weighted by molar-refractivity contribution is 5.89. The first-order chi connectivity index (χ1) is 24.3. The molecule has 1 heterocycles. The van der Waals surface area contributed by atoms with Crippen LogP contribution in [-0.2, 0) is 42.7 Å². The van der Waals surface area contributed by atoms with Gasteiger partial charge in [0.15, 0.2) is 5.60 Å². The molecule has 1 saturated heterocycles. The lowest BCUT2D eigenvalue weighted by molar-refractivity contribution is -0.322. The molecule has 51 heavy (non-hydrogen) atoms. The Labute approximate surface area is 297 Å². The number of fused-ring (bicyclic) bond motifs is 2. The van der Waals surface area contributed by atoms with E-state index in [1.807, 2.05) is 6.92 Å². The number of aliphatic hydroxyl groups excluding tert-OH is 1. The molecule has 1 aromatic rings. The predicted molar refractivity (Wildman–Crippen MR) is 177 cm³/mol. The van der Waals surface area contributed by atoms with Gasteiger partial charge < -0.3 is 48.1 Å². The summed E-state index contributed by atoms with van der Waals surface area (Å²) in [5.74, 6) is -3.84. The number of ether oxygens (including phenoxy) is 8. The fourth-order valence-electron chi connectivity index (χ4n) is 12.8. The third kappa shape index (κ3) is 4.50. The Balaban J connectivity index is 1.50. The lowest BCUT2D eigenvalue weighted by Crippen LogP contribution is -2.81. The smallest absolute Gasteiger partial charge is 0.338 e. The number of esters is 3. The maximum atomic E-state index is 14.0. The highest BCUT2D eigenvalue weighted by Crippen LogP contribution is 2.80. The Morgan fingerprint density at radius 1 is 0.902 bits per heavy atom. The number of benzene rings is 1. The highest BCUT2D eigenvalue weighted by Gasteiger charge is 2.92. The van der Waals surface area contributed by atoms with Gasteiger partial charge in [-0.25, -0.2) is 4.79 Å². The van der Waals surface area contributed by atoms with Gasteiger partial charge in [0.2, 0.25) is 0 Å². The van der Waals surface area contributed by atoms with Gasteiger partial charge in [-0.1, -0.05) is 6.92 Å². The summed E-state index contributed by atoms with van der Waals surface area (Å²) in [6.07, 6.45) is -5.60. The Morgan fingerprint density at radius 3 is 2.16 bits per heavy atom. The molecule has 282 valence electrons. The van der Waals surface area contributed by atoms with Gasteiger partial charge >= 0.3 is 17.9 Å². The molecule has 1 spiro atoms. The number of carbonyl (C=O) groups is 3. The Morgan fingerprint density at radius 2 is 1.61 bits per heavy atom. The quantitative estimate of drug-likeness (QED) is 0.248. The predicted octanol–water partition coefficient (Wildman–Crippen LogP) is 1.23. The van der Waals surface area contributed by atoms with E-state index in [2.05, 4.69) is 4.90 Å². The minimum atomic E-state index is -1.89. The summed E-state index contributed by atoms with van der Waals surface area (Å²) in [6.45, 7) is 5.95. The van der Waals surface area contributed by atoms with E-state index in [0.29, 0.717) is 25.3 Å². The van der Waals surface area contributed by atoms with E-state index in [1.54, 1.807) is 45.6 Å².